The molecule has 0 bridgehead atoms. The van der Waals surface area contributed by atoms with Gasteiger partial charge in [0.25, 0.3) is 10.2 Å². The molecule has 0 radical (unpaired) electrons. The summed E-state index contributed by atoms with van der Waals surface area (Å²) in [7, 11) is -3.26. The molecule has 14 heavy (non-hydrogen) atoms. The summed E-state index contributed by atoms with van der Waals surface area (Å²) < 4.78 is 27.1. The Balaban J connectivity index is 4.07. The van der Waals surface area contributed by atoms with E-state index >= 15 is 0 Å². The van der Waals surface area contributed by atoms with Crippen LogP contribution in [0.15, 0.2) is 0 Å². The van der Waals surface area contributed by atoms with Crippen molar-refractivity contribution in [3.63, 3.8) is 0 Å². The van der Waals surface area contributed by atoms with Gasteiger partial charge in [-0.1, -0.05) is 36.7 Å². The molecule has 0 fully saturated rings. The van der Waals surface area contributed by atoms with Gasteiger partial charge in [0.15, 0.2) is 0 Å². The smallest absolute Gasteiger partial charge is 0.202 e. The predicted octanol–water partition coefficient (Wildman–Crippen LogP) is 1.34. The van der Waals surface area contributed by atoms with E-state index in [2.05, 4.69) is 20.7 Å². The van der Waals surface area contributed by atoms with Crippen molar-refractivity contribution in [1.29, 1.82) is 0 Å². The number of hydrogen-bond donors (Lipinski definition) is 1. The van der Waals surface area contributed by atoms with Crippen molar-refractivity contribution in [2.75, 3.05) is 19.6 Å². The lowest BCUT2D eigenvalue weighted by atomic mass is 10.3. The van der Waals surface area contributed by atoms with Gasteiger partial charge >= 0.3 is 0 Å². The Kier molecular flexibility index (Phi) is 6.93. The van der Waals surface area contributed by atoms with E-state index in [-0.39, 0.29) is 0 Å². The van der Waals surface area contributed by atoms with Gasteiger partial charge in [-0.15, -0.1) is 0 Å². The second kappa shape index (κ2) is 6.76. The lowest BCUT2D eigenvalue weighted by Crippen LogP contribution is -2.41. The fraction of sp³-hybridized carbons (Fsp3) is 1.00. The zero-order valence-corrected chi connectivity index (χ0v) is 11.4. The fourth-order valence-electron chi connectivity index (χ4n) is 1.04. The number of rotatable bonds is 7. The SMILES string of the molecule is CCN(CC)S(=O)(=O)NCCC(C)Br. The Labute approximate surface area is 95.4 Å². The molecule has 0 saturated heterocycles. The second-order valence-electron chi connectivity index (χ2n) is 3.05. The first-order valence-corrected chi connectivity index (χ1v) is 7.18. The van der Waals surface area contributed by atoms with Gasteiger partial charge < -0.3 is 0 Å². The highest BCUT2D eigenvalue weighted by Gasteiger charge is 2.17. The highest BCUT2D eigenvalue weighted by atomic mass is 79.9. The molecule has 1 N–H and O–H groups in total. The standard InChI is InChI=1S/C8H19BrN2O2S/c1-4-11(5-2)14(12,13)10-7-6-8(3)9/h8,10H,4-7H2,1-3H3. The third-order valence-electron chi connectivity index (χ3n) is 1.87. The average molecular weight is 287 g/mol. The lowest BCUT2D eigenvalue weighted by molar-refractivity contribution is 0.434. The molecule has 1 atom stereocenters. The summed E-state index contributed by atoms with van der Waals surface area (Å²) in [5.41, 5.74) is 0. The molecular weight excluding hydrogens is 268 g/mol. The van der Waals surface area contributed by atoms with Crippen LogP contribution in [0.5, 0.6) is 0 Å². The molecule has 0 aromatic heterocycles. The van der Waals surface area contributed by atoms with Gasteiger partial charge in [0.2, 0.25) is 0 Å². The van der Waals surface area contributed by atoms with Crippen molar-refractivity contribution in [3.8, 4) is 0 Å². The molecule has 0 heterocycles. The van der Waals surface area contributed by atoms with Crippen LogP contribution >= 0.6 is 15.9 Å². The maximum absolute atomic E-state index is 11.6. The van der Waals surface area contributed by atoms with Crippen molar-refractivity contribution in [1.82, 2.24) is 9.03 Å². The molecule has 0 rings (SSSR count). The molecule has 86 valence electrons. The van der Waals surface area contributed by atoms with Crippen LogP contribution in [0.2, 0.25) is 0 Å². The third-order valence-corrected chi connectivity index (χ3v) is 4.09. The van der Waals surface area contributed by atoms with Crippen LogP contribution in [-0.2, 0) is 10.2 Å². The van der Waals surface area contributed by atoms with Gasteiger partial charge in [-0.3, -0.25) is 0 Å². The minimum atomic E-state index is -3.26. The predicted molar refractivity (Wildman–Crippen MR) is 62.8 cm³/mol. The van der Waals surface area contributed by atoms with E-state index in [0.29, 0.717) is 24.5 Å². The molecular formula is C8H19BrN2O2S. The van der Waals surface area contributed by atoms with Crippen LogP contribution in [0.3, 0.4) is 0 Å². The Morgan fingerprint density at radius 2 is 1.86 bits per heavy atom. The number of halogens is 1. The van der Waals surface area contributed by atoms with E-state index in [0.717, 1.165) is 6.42 Å². The first kappa shape index (κ1) is 14.3. The third kappa shape index (κ3) is 5.29. The highest BCUT2D eigenvalue weighted by Crippen LogP contribution is 2.03. The number of nitrogens with one attached hydrogen (secondary N) is 1. The van der Waals surface area contributed by atoms with Crippen molar-refractivity contribution >= 4 is 26.1 Å². The van der Waals surface area contributed by atoms with Gasteiger partial charge in [0, 0.05) is 24.5 Å². The Morgan fingerprint density at radius 3 is 2.21 bits per heavy atom. The molecule has 0 aromatic rings. The maximum Gasteiger partial charge on any atom is 0.279 e. The molecule has 0 amide bonds. The minimum Gasteiger partial charge on any atom is -0.202 e. The molecule has 0 aromatic carbocycles. The zero-order chi connectivity index (χ0) is 11.2. The van der Waals surface area contributed by atoms with Crippen LogP contribution in [0.1, 0.15) is 27.2 Å². The van der Waals surface area contributed by atoms with Gasteiger partial charge in [-0.25, -0.2) is 4.72 Å². The van der Waals surface area contributed by atoms with Crippen molar-refractivity contribution in [2.24, 2.45) is 0 Å². The first-order chi connectivity index (χ1) is 6.44. The first-order valence-electron chi connectivity index (χ1n) is 4.82. The number of hydrogen-bond acceptors (Lipinski definition) is 2. The van der Waals surface area contributed by atoms with E-state index in [9.17, 15) is 8.42 Å². The Hall–Kier alpha value is 0.350. The largest absolute Gasteiger partial charge is 0.279 e. The fourth-order valence-corrected chi connectivity index (χ4v) is 2.51. The molecule has 0 aliphatic carbocycles. The summed E-state index contributed by atoms with van der Waals surface area (Å²) >= 11 is 3.36. The van der Waals surface area contributed by atoms with Gasteiger partial charge in [-0.2, -0.15) is 12.7 Å². The normalized spacial score (nSPS) is 14.6. The number of nitrogens with zero attached hydrogens (tertiary/aromatic N) is 1. The molecule has 0 aliphatic heterocycles. The molecule has 4 nitrogen and oxygen atoms in total. The molecule has 0 spiro atoms. The van der Waals surface area contributed by atoms with E-state index in [1.165, 1.54) is 4.31 Å². The molecule has 0 aliphatic rings. The monoisotopic (exact) mass is 286 g/mol. The summed E-state index contributed by atoms with van der Waals surface area (Å²) in [5, 5.41) is 0. The summed E-state index contributed by atoms with van der Waals surface area (Å²) in [6.45, 7) is 7.15. The summed E-state index contributed by atoms with van der Waals surface area (Å²) in [6, 6.07) is 0. The van der Waals surface area contributed by atoms with Gasteiger partial charge in [0.1, 0.15) is 0 Å². The topological polar surface area (TPSA) is 49.4 Å². The minimum absolute atomic E-state index is 0.335. The van der Waals surface area contributed by atoms with Crippen LogP contribution < -0.4 is 4.72 Å². The van der Waals surface area contributed by atoms with Gasteiger partial charge in [-0.05, 0) is 6.42 Å². The summed E-state index contributed by atoms with van der Waals surface area (Å²) in [6.07, 6.45) is 0.792. The van der Waals surface area contributed by atoms with Crippen LogP contribution in [0.4, 0.5) is 0 Å². The zero-order valence-electron chi connectivity index (χ0n) is 8.96. The second-order valence-corrected chi connectivity index (χ2v) is 6.37. The van der Waals surface area contributed by atoms with Crippen molar-refractivity contribution < 1.29 is 8.42 Å². The van der Waals surface area contributed by atoms with E-state index in [4.69, 9.17) is 0 Å². The highest BCUT2D eigenvalue weighted by molar-refractivity contribution is 9.09. The lowest BCUT2D eigenvalue weighted by Gasteiger charge is -2.18. The van der Waals surface area contributed by atoms with Crippen LogP contribution in [0, 0.1) is 0 Å². The van der Waals surface area contributed by atoms with Crippen molar-refractivity contribution in [3.05, 3.63) is 0 Å². The summed E-state index contributed by atoms with van der Waals surface area (Å²) in [5.74, 6) is 0. The number of alkyl halides is 1. The average Bonchev–Trinajstić information content (AvgIpc) is 2.04. The molecule has 0 saturated carbocycles. The van der Waals surface area contributed by atoms with Crippen LogP contribution in [-0.4, -0.2) is 37.2 Å². The van der Waals surface area contributed by atoms with Crippen LogP contribution in [0.25, 0.3) is 0 Å². The van der Waals surface area contributed by atoms with Gasteiger partial charge in [0.05, 0.1) is 0 Å². The van der Waals surface area contributed by atoms with E-state index in [1.807, 2.05) is 20.8 Å². The Bertz CT molecular complexity index is 238. The quantitative estimate of drug-likeness (QED) is 0.718. The van der Waals surface area contributed by atoms with E-state index in [1.54, 1.807) is 0 Å². The molecule has 1 unspecified atom stereocenters. The summed E-state index contributed by atoms with van der Waals surface area (Å²) in [4.78, 5) is 0.335. The molecule has 6 heteroatoms. The van der Waals surface area contributed by atoms with E-state index < -0.39 is 10.2 Å². The maximum atomic E-state index is 11.6. The van der Waals surface area contributed by atoms with Crippen molar-refractivity contribution in [2.45, 2.75) is 32.0 Å². The Morgan fingerprint density at radius 1 is 1.36 bits per heavy atom.